The van der Waals surface area contributed by atoms with Crippen LogP contribution in [-0.2, 0) is 22.6 Å². The molecule has 2 N–H and O–H groups in total. The number of aromatic nitrogens is 1. The van der Waals surface area contributed by atoms with Gasteiger partial charge in [0.1, 0.15) is 5.54 Å². The molecule has 1 aromatic carbocycles. The Balaban J connectivity index is 1.36. The average molecular weight is 433 g/mol. The quantitative estimate of drug-likeness (QED) is 0.760. The number of rotatable bonds is 4. The van der Waals surface area contributed by atoms with Crippen LogP contribution < -0.4 is 5.32 Å². The Morgan fingerprint density at radius 2 is 1.97 bits per heavy atom. The summed E-state index contributed by atoms with van der Waals surface area (Å²) in [5.41, 5.74) is 4.21. The maximum absolute atomic E-state index is 13.6. The molecular formula is C26H32N4O2. The first-order chi connectivity index (χ1) is 15.4. The Labute approximate surface area is 189 Å². The molecule has 2 amide bonds. The van der Waals surface area contributed by atoms with E-state index in [1.54, 1.807) is 0 Å². The van der Waals surface area contributed by atoms with E-state index in [2.05, 4.69) is 48.4 Å². The van der Waals surface area contributed by atoms with Crippen LogP contribution in [0.2, 0.25) is 0 Å². The van der Waals surface area contributed by atoms with E-state index in [9.17, 15) is 14.9 Å². The van der Waals surface area contributed by atoms with Crippen molar-refractivity contribution in [2.45, 2.75) is 76.8 Å². The van der Waals surface area contributed by atoms with Gasteiger partial charge in [0.15, 0.2) is 0 Å². The molecule has 5 rings (SSSR count). The highest BCUT2D eigenvalue weighted by molar-refractivity contribution is 5.90. The number of fused-ring (bicyclic) bond motifs is 3. The Morgan fingerprint density at radius 1 is 1.22 bits per heavy atom. The summed E-state index contributed by atoms with van der Waals surface area (Å²) >= 11 is 0. The van der Waals surface area contributed by atoms with Gasteiger partial charge in [0.05, 0.1) is 6.07 Å². The maximum atomic E-state index is 13.6. The predicted molar refractivity (Wildman–Crippen MR) is 123 cm³/mol. The zero-order chi connectivity index (χ0) is 22.5. The average Bonchev–Trinajstić information content (AvgIpc) is 3.49. The fourth-order valence-corrected chi connectivity index (χ4v) is 5.47. The van der Waals surface area contributed by atoms with E-state index >= 15 is 0 Å². The number of nitriles is 1. The molecule has 32 heavy (non-hydrogen) atoms. The Bertz CT molecular complexity index is 1100. The second-order valence-corrected chi connectivity index (χ2v) is 10.2. The maximum Gasteiger partial charge on any atom is 0.226 e. The predicted octanol–water partition coefficient (Wildman–Crippen LogP) is 4.15. The largest absolute Gasteiger partial charge is 0.358 e. The molecule has 1 aromatic heterocycles. The molecule has 3 aliphatic rings. The summed E-state index contributed by atoms with van der Waals surface area (Å²) < 4.78 is 0. The van der Waals surface area contributed by atoms with E-state index in [0.29, 0.717) is 31.8 Å². The highest BCUT2D eigenvalue weighted by Gasteiger charge is 2.47. The smallest absolute Gasteiger partial charge is 0.226 e. The van der Waals surface area contributed by atoms with Crippen LogP contribution in [0, 0.1) is 23.2 Å². The Hall–Kier alpha value is -2.81. The first-order valence-electron chi connectivity index (χ1n) is 12.1. The first-order valence-corrected chi connectivity index (χ1v) is 12.1. The minimum Gasteiger partial charge on any atom is -0.358 e. The van der Waals surface area contributed by atoms with Gasteiger partial charge in [-0.25, -0.2) is 0 Å². The summed E-state index contributed by atoms with van der Waals surface area (Å²) in [6.07, 6.45) is 5.68. The number of hydrogen-bond donors (Lipinski definition) is 2. The van der Waals surface area contributed by atoms with Crippen molar-refractivity contribution in [3.8, 4) is 6.07 Å². The van der Waals surface area contributed by atoms with Crippen LogP contribution in [0.4, 0.5) is 0 Å². The zero-order valence-corrected chi connectivity index (χ0v) is 19.0. The molecule has 2 saturated carbocycles. The number of carbonyl (C=O) groups excluding carboxylic acids is 2. The number of nitrogens with one attached hydrogen (secondary N) is 2. The van der Waals surface area contributed by atoms with Gasteiger partial charge in [-0.2, -0.15) is 5.26 Å². The molecule has 6 heteroatoms. The lowest BCUT2D eigenvalue weighted by Gasteiger charge is -2.36. The number of H-pyrrole nitrogens is 1. The van der Waals surface area contributed by atoms with Crippen molar-refractivity contribution in [2.24, 2.45) is 11.8 Å². The molecule has 1 aliphatic heterocycles. The molecular weight excluding hydrogens is 400 g/mol. The lowest BCUT2D eigenvalue weighted by atomic mass is 9.77. The molecule has 2 atom stereocenters. The minimum atomic E-state index is -0.680. The second kappa shape index (κ2) is 7.95. The van der Waals surface area contributed by atoms with Crippen LogP contribution in [0.1, 0.15) is 75.1 Å². The summed E-state index contributed by atoms with van der Waals surface area (Å²) in [6, 6.07) is 8.83. The fourth-order valence-electron chi connectivity index (χ4n) is 5.47. The third-order valence-corrected chi connectivity index (χ3v) is 7.72. The van der Waals surface area contributed by atoms with Gasteiger partial charge >= 0.3 is 0 Å². The monoisotopic (exact) mass is 432 g/mol. The highest BCUT2D eigenvalue weighted by atomic mass is 16.2. The van der Waals surface area contributed by atoms with Crippen molar-refractivity contribution in [1.29, 1.82) is 5.26 Å². The summed E-state index contributed by atoms with van der Waals surface area (Å²) in [7, 11) is 0. The molecule has 2 aliphatic carbocycles. The molecule has 0 bridgehead atoms. The van der Waals surface area contributed by atoms with E-state index in [4.69, 9.17) is 0 Å². The summed E-state index contributed by atoms with van der Waals surface area (Å²) in [4.78, 5) is 32.2. The highest BCUT2D eigenvalue weighted by Crippen LogP contribution is 2.38. The van der Waals surface area contributed by atoms with Gasteiger partial charge in [-0.3, -0.25) is 9.59 Å². The van der Waals surface area contributed by atoms with Crippen LogP contribution in [0.5, 0.6) is 0 Å². The number of benzene rings is 1. The number of aromatic amines is 1. The lowest BCUT2D eigenvalue weighted by molar-refractivity contribution is -0.144. The molecule has 2 heterocycles. The normalized spacial score (nSPS) is 24.1. The summed E-state index contributed by atoms with van der Waals surface area (Å²) in [5.74, 6) is -0.147. The third kappa shape index (κ3) is 3.68. The molecule has 2 aromatic rings. The molecule has 6 nitrogen and oxygen atoms in total. The van der Waals surface area contributed by atoms with E-state index in [1.807, 2.05) is 4.90 Å². The first kappa shape index (κ1) is 21.1. The van der Waals surface area contributed by atoms with E-state index in [-0.39, 0.29) is 23.7 Å². The second-order valence-electron chi connectivity index (χ2n) is 10.2. The van der Waals surface area contributed by atoms with Gasteiger partial charge < -0.3 is 15.2 Å². The molecule has 168 valence electrons. The zero-order valence-electron chi connectivity index (χ0n) is 19.0. The van der Waals surface area contributed by atoms with Crippen molar-refractivity contribution in [1.82, 2.24) is 15.2 Å². The SMILES string of the molecule is CC(C)c1ccc2[nH]c3c(c2c1)CN(C(=O)[C@@H]1CCCC[C@H]1C(=O)NC1(C#N)CC1)CC3. The van der Waals surface area contributed by atoms with Crippen molar-refractivity contribution in [3.05, 3.63) is 35.0 Å². The van der Waals surface area contributed by atoms with Gasteiger partial charge in [-0.05, 0) is 49.3 Å². The van der Waals surface area contributed by atoms with Crippen molar-refractivity contribution < 1.29 is 9.59 Å². The standard InChI is InChI=1S/C26H32N4O2/c1-16(2)17-7-8-22-20(13-17)21-14-30(12-9-23(21)28-22)25(32)19-6-4-3-5-18(19)24(31)29-26(15-27)10-11-26/h7-8,13,16,18-19,28H,3-6,9-12,14H2,1-2H3,(H,29,31)/t18-,19-/m1/s1. The van der Waals surface area contributed by atoms with Crippen molar-refractivity contribution in [2.75, 3.05) is 6.54 Å². The van der Waals surface area contributed by atoms with Gasteiger partial charge in [0.2, 0.25) is 11.8 Å². The van der Waals surface area contributed by atoms with Crippen molar-refractivity contribution in [3.63, 3.8) is 0 Å². The summed E-state index contributed by atoms with van der Waals surface area (Å²) in [5, 5.41) is 13.5. The van der Waals surface area contributed by atoms with Crippen LogP contribution in [-0.4, -0.2) is 33.8 Å². The fraction of sp³-hybridized carbons (Fsp3) is 0.577. The van der Waals surface area contributed by atoms with Crippen LogP contribution in [0.15, 0.2) is 18.2 Å². The van der Waals surface area contributed by atoms with Crippen molar-refractivity contribution >= 4 is 22.7 Å². The molecule has 2 fully saturated rings. The van der Waals surface area contributed by atoms with Crippen LogP contribution >= 0.6 is 0 Å². The van der Waals surface area contributed by atoms with Gasteiger partial charge in [-0.15, -0.1) is 0 Å². The van der Waals surface area contributed by atoms with E-state index in [0.717, 1.165) is 37.6 Å². The number of amides is 2. The van der Waals surface area contributed by atoms with Crippen LogP contribution in [0.3, 0.4) is 0 Å². The molecule has 0 radical (unpaired) electrons. The minimum absolute atomic E-state index is 0.103. The van der Waals surface area contributed by atoms with Gasteiger partial charge in [0.25, 0.3) is 0 Å². The van der Waals surface area contributed by atoms with Gasteiger partial charge in [0, 0.05) is 53.5 Å². The number of nitrogens with zero attached hydrogens (tertiary/aromatic N) is 2. The summed E-state index contributed by atoms with van der Waals surface area (Å²) in [6.45, 7) is 5.68. The number of hydrogen-bond acceptors (Lipinski definition) is 3. The van der Waals surface area contributed by atoms with E-state index < -0.39 is 5.54 Å². The topological polar surface area (TPSA) is 89.0 Å². The van der Waals surface area contributed by atoms with E-state index in [1.165, 1.54) is 22.2 Å². The van der Waals surface area contributed by atoms with Gasteiger partial charge in [-0.1, -0.05) is 32.8 Å². The Morgan fingerprint density at radius 3 is 2.66 bits per heavy atom. The third-order valence-electron chi connectivity index (χ3n) is 7.72. The molecule has 0 saturated heterocycles. The number of carbonyl (C=O) groups is 2. The van der Waals surface area contributed by atoms with Crippen LogP contribution in [0.25, 0.3) is 10.9 Å². The Kier molecular flexibility index (Phi) is 5.23. The molecule has 0 unspecified atom stereocenters. The lowest BCUT2D eigenvalue weighted by Crippen LogP contribution is -2.48. The molecule has 0 spiro atoms.